The van der Waals surface area contributed by atoms with Gasteiger partial charge in [0.05, 0.1) is 16.2 Å². The number of hydrogen-bond acceptors (Lipinski definition) is 1. The van der Waals surface area contributed by atoms with E-state index >= 15 is 0 Å². The second-order valence-electron chi connectivity index (χ2n) is 4.56. The van der Waals surface area contributed by atoms with Crippen molar-refractivity contribution in [3.8, 4) is 11.3 Å². The lowest BCUT2D eigenvalue weighted by Gasteiger charge is -2.01. The Kier molecular flexibility index (Phi) is 2.88. The van der Waals surface area contributed by atoms with Gasteiger partial charge in [0.2, 0.25) is 0 Å². The van der Waals surface area contributed by atoms with Gasteiger partial charge in [-0.15, -0.1) is 0 Å². The smallest absolute Gasteiger partial charge is 0.152 e. The Hall–Kier alpha value is -2.06. The van der Waals surface area contributed by atoms with Gasteiger partial charge < -0.3 is 4.98 Å². The van der Waals surface area contributed by atoms with Crippen LogP contribution >= 0.6 is 11.6 Å². The van der Waals surface area contributed by atoms with Crippen molar-refractivity contribution in [2.24, 2.45) is 0 Å². The van der Waals surface area contributed by atoms with E-state index in [1.54, 1.807) is 0 Å². The van der Waals surface area contributed by atoms with E-state index in [1.807, 2.05) is 49.4 Å². The highest BCUT2D eigenvalue weighted by Crippen LogP contribution is 2.32. The van der Waals surface area contributed by atoms with Crippen molar-refractivity contribution in [1.29, 1.82) is 0 Å². The molecule has 3 rings (SSSR count). The second kappa shape index (κ2) is 4.56. The molecule has 0 unspecified atom stereocenters. The topological polar surface area (TPSA) is 32.9 Å². The standard InChI is InChI=1S/C16H12ClNO/c1-10-4-2-5-11(8-10)15-13(9-19)12-6-3-7-14(17)16(12)18-15/h2-9,18H,1H3. The van der Waals surface area contributed by atoms with Crippen molar-refractivity contribution in [3.63, 3.8) is 0 Å². The highest BCUT2D eigenvalue weighted by molar-refractivity contribution is 6.35. The molecule has 94 valence electrons. The van der Waals surface area contributed by atoms with E-state index in [1.165, 1.54) is 0 Å². The molecular formula is C16H12ClNO. The molecule has 0 saturated carbocycles. The van der Waals surface area contributed by atoms with Crippen LogP contribution in [0.3, 0.4) is 0 Å². The van der Waals surface area contributed by atoms with Crippen molar-refractivity contribution in [1.82, 2.24) is 4.98 Å². The van der Waals surface area contributed by atoms with Gasteiger partial charge >= 0.3 is 0 Å². The molecular weight excluding hydrogens is 258 g/mol. The van der Waals surface area contributed by atoms with Crippen LogP contribution in [0.15, 0.2) is 42.5 Å². The number of carbonyl (C=O) groups is 1. The number of aryl methyl sites for hydroxylation is 1. The van der Waals surface area contributed by atoms with Crippen molar-refractivity contribution in [3.05, 3.63) is 58.6 Å². The van der Waals surface area contributed by atoms with Crippen LogP contribution in [0.2, 0.25) is 5.02 Å². The molecule has 0 saturated heterocycles. The summed E-state index contributed by atoms with van der Waals surface area (Å²) in [6, 6.07) is 13.6. The molecule has 0 radical (unpaired) electrons. The summed E-state index contributed by atoms with van der Waals surface area (Å²) >= 11 is 6.17. The quantitative estimate of drug-likeness (QED) is 0.677. The fraction of sp³-hybridized carbons (Fsp3) is 0.0625. The van der Waals surface area contributed by atoms with Gasteiger partial charge in [-0.05, 0) is 24.6 Å². The van der Waals surface area contributed by atoms with Crippen LogP contribution < -0.4 is 0 Å². The van der Waals surface area contributed by atoms with Gasteiger partial charge in [0.25, 0.3) is 0 Å². The molecule has 19 heavy (non-hydrogen) atoms. The first-order valence-corrected chi connectivity index (χ1v) is 6.41. The van der Waals surface area contributed by atoms with E-state index in [4.69, 9.17) is 11.6 Å². The van der Waals surface area contributed by atoms with Crippen LogP contribution in [0.5, 0.6) is 0 Å². The number of rotatable bonds is 2. The minimum absolute atomic E-state index is 0.625. The number of carbonyl (C=O) groups excluding carboxylic acids is 1. The summed E-state index contributed by atoms with van der Waals surface area (Å²) < 4.78 is 0. The minimum Gasteiger partial charge on any atom is -0.353 e. The predicted octanol–water partition coefficient (Wildman–Crippen LogP) is 4.61. The van der Waals surface area contributed by atoms with E-state index in [2.05, 4.69) is 4.98 Å². The zero-order valence-corrected chi connectivity index (χ0v) is 11.2. The van der Waals surface area contributed by atoms with Gasteiger partial charge in [0.1, 0.15) is 0 Å². The van der Waals surface area contributed by atoms with Crippen LogP contribution in [0, 0.1) is 6.92 Å². The fourth-order valence-electron chi connectivity index (χ4n) is 2.35. The summed E-state index contributed by atoms with van der Waals surface area (Å²) in [5, 5.41) is 1.48. The predicted molar refractivity (Wildman–Crippen MR) is 78.9 cm³/mol. The molecule has 2 nitrogen and oxygen atoms in total. The summed E-state index contributed by atoms with van der Waals surface area (Å²) in [6.45, 7) is 2.03. The Morgan fingerprint density at radius 2 is 1.95 bits per heavy atom. The van der Waals surface area contributed by atoms with Crippen molar-refractivity contribution < 1.29 is 4.79 Å². The number of fused-ring (bicyclic) bond motifs is 1. The lowest BCUT2D eigenvalue weighted by molar-refractivity contribution is 0.112. The summed E-state index contributed by atoms with van der Waals surface area (Å²) in [6.07, 6.45) is 0.882. The molecule has 1 N–H and O–H groups in total. The van der Waals surface area contributed by atoms with Gasteiger partial charge in [-0.3, -0.25) is 4.79 Å². The first-order valence-electron chi connectivity index (χ1n) is 6.03. The first-order chi connectivity index (χ1) is 9.20. The summed E-state index contributed by atoms with van der Waals surface area (Å²) in [5.41, 5.74) is 4.43. The van der Waals surface area contributed by atoms with Gasteiger partial charge in [0, 0.05) is 10.9 Å². The van der Waals surface area contributed by atoms with E-state index in [0.29, 0.717) is 10.6 Å². The van der Waals surface area contributed by atoms with Crippen LogP contribution in [0.25, 0.3) is 22.2 Å². The molecule has 2 aromatic carbocycles. The Morgan fingerprint density at radius 1 is 1.16 bits per heavy atom. The number of aromatic amines is 1. The van der Waals surface area contributed by atoms with E-state index in [9.17, 15) is 4.79 Å². The van der Waals surface area contributed by atoms with E-state index in [0.717, 1.165) is 34.0 Å². The maximum atomic E-state index is 11.4. The fourth-order valence-corrected chi connectivity index (χ4v) is 2.58. The molecule has 0 spiro atoms. The van der Waals surface area contributed by atoms with Crippen LogP contribution in [0.4, 0.5) is 0 Å². The second-order valence-corrected chi connectivity index (χ2v) is 4.97. The van der Waals surface area contributed by atoms with E-state index < -0.39 is 0 Å². The zero-order valence-electron chi connectivity index (χ0n) is 10.4. The lowest BCUT2D eigenvalue weighted by atomic mass is 10.0. The maximum absolute atomic E-state index is 11.4. The molecule has 0 aliphatic heterocycles. The number of aromatic nitrogens is 1. The summed E-state index contributed by atoms with van der Waals surface area (Å²) in [4.78, 5) is 14.7. The van der Waals surface area contributed by atoms with E-state index in [-0.39, 0.29) is 0 Å². The highest BCUT2D eigenvalue weighted by Gasteiger charge is 2.14. The summed E-state index contributed by atoms with van der Waals surface area (Å²) in [5.74, 6) is 0. The summed E-state index contributed by atoms with van der Waals surface area (Å²) in [7, 11) is 0. The third-order valence-electron chi connectivity index (χ3n) is 3.25. The SMILES string of the molecule is Cc1cccc(-c2[nH]c3c(Cl)cccc3c2C=O)c1. The largest absolute Gasteiger partial charge is 0.353 e. The van der Waals surface area contributed by atoms with Crippen molar-refractivity contribution in [2.75, 3.05) is 0 Å². The molecule has 0 aliphatic carbocycles. The third kappa shape index (κ3) is 1.94. The molecule has 0 aliphatic rings. The number of nitrogens with one attached hydrogen (secondary N) is 1. The maximum Gasteiger partial charge on any atom is 0.152 e. The zero-order chi connectivity index (χ0) is 13.4. The number of benzene rings is 2. The molecule has 1 heterocycles. The highest BCUT2D eigenvalue weighted by atomic mass is 35.5. The van der Waals surface area contributed by atoms with Gasteiger partial charge in [-0.2, -0.15) is 0 Å². The molecule has 3 heteroatoms. The van der Waals surface area contributed by atoms with Crippen LogP contribution in [-0.2, 0) is 0 Å². The van der Waals surface area contributed by atoms with Crippen LogP contribution in [0.1, 0.15) is 15.9 Å². The van der Waals surface area contributed by atoms with Crippen molar-refractivity contribution >= 4 is 28.8 Å². The molecule has 0 bridgehead atoms. The normalized spacial score (nSPS) is 10.8. The molecule has 1 aromatic heterocycles. The number of H-pyrrole nitrogens is 1. The van der Waals surface area contributed by atoms with Gasteiger partial charge in [0.15, 0.2) is 6.29 Å². The van der Waals surface area contributed by atoms with Gasteiger partial charge in [-0.25, -0.2) is 0 Å². The molecule has 3 aromatic rings. The molecule has 0 atom stereocenters. The van der Waals surface area contributed by atoms with Gasteiger partial charge in [-0.1, -0.05) is 47.5 Å². The number of hydrogen-bond donors (Lipinski definition) is 1. The number of para-hydroxylation sites is 1. The Bertz CT molecular complexity index is 774. The minimum atomic E-state index is 0.625. The molecule has 0 fully saturated rings. The average Bonchev–Trinajstić information content (AvgIpc) is 2.79. The first kappa shape index (κ1) is 12.0. The van der Waals surface area contributed by atoms with Crippen LogP contribution in [-0.4, -0.2) is 11.3 Å². The molecule has 0 amide bonds. The monoisotopic (exact) mass is 269 g/mol. The third-order valence-corrected chi connectivity index (χ3v) is 3.56. The Morgan fingerprint density at radius 3 is 2.68 bits per heavy atom. The van der Waals surface area contributed by atoms with Crippen molar-refractivity contribution in [2.45, 2.75) is 6.92 Å². The Balaban J connectivity index is 2.35. The lowest BCUT2D eigenvalue weighted by Crippen LogP contribution is -1.85. The Labute approximate surface area is 116 Å². The number of aldehydes is 1. The average molecular weight is 270 g/mol. The number of halogens is 1.